The molecule has 3 aromatic rings. The summed E-state index contributed by atoms with van der Waals surface area (Å²) in [4.78, 5) is 28.5. The van der Waals surface area contributed by atoms with E-state index in [9.17, 15) is 4.79 Å². The Kier molecular flexibility index (Phi) is 9.99. The molecule has 2 fully saturated rings. The molecule has 238 valence electrons. The zero-order chi connectivity index (χ0) is 30.7. The van der Waals surface area contributed by atoms with Crippen LogP contribution in [0.15, 0.2) is 41.5 Å². The topological polar surface area (TPSA) is 66.3 Å². The Morgan fingerprint density at radius 1 is 0.955 bits per heavy atom. The van der Waals surface area contributed by atoms with Crippen LogP contribution in [0.25, 0.3) is 11.0 Å². The van der Waals surface area contributed by atoms with E-state index < -0.39 is 5.41 Å². The average Bonchev–Trinajstić information content (AvgIpc) is 3.03. The lowest BCUT2D eigenvalue weighted by Gasteiger charge is -2.34. The SMILES string of the molecule is CC(C)N1CCC(c2cc3c4ncnc3n(c2=O)CCCCCN2CCC(CC2)CCC(F)(P)c2cccc(c2)CN4)CC1. The highest BCUT2D eigenvalue weighted by Gasteiger charge is 2.29. The predicted molar refractivity (Wildman–Crippen MR) is 181 cm³/mol. The van der Waals surface area contributed by atoms with Gasteiger partial charge in [0.25, 0.3) is 5.56 Å². The number of pyridine rings is 1. The van der Waals surface area contributed by atoms with E-state index in [4.69, 9.17) is 0 Å². The molecule has 0 aliphatic carbocycles. The monoisotopic (exact) mass is 620 g/mol. The van der Waals surface area contributed by atoms with E-state index in [-0.39, 0.29) is 11.5 Å². The normalized spacial score (nSPS) is 26.5. The molecule has 8 bridgehead atoms. The van der Waals surface area contributed by atoms with Gasteiger partial charge in [0, 0.05) is 24.7 Å². The molecule has 2 unspecified atom stereocenters. The van der Waals surface area contributed by atoms with E-state index in [1.165, 1.54) is 0 Å². The number of hydrogen-bond donors (Lipinski definition) is 1. The number of piperidine rings is 2. The van der Waals surface area contributed by atoms with Crippen LogP contribution in [0.4, 0.5) is 10.2 Å². The van der Waals surface area contributed by atoms with E-state index in [0.29, 0.717) is 42.7 Å². The number of rotatable bonds is 2. The highest BCUT2D eigenvalue weighted by atomic mass is 31.0. The van der Waals surface area contributed by atoms with Crippen LogP contribution in [0, 0.1) is 5.92 Å². The Balaban J connectivity index is 1.34. The molecule has 4 aliphatic rings. The van der Waals surface area contributed by atoms with Crippen molar-refractivity contribution in [2.24, 2.45) is 5.92 Å². The number of alkyl halides is 1. The maximum atomic E-state index is 16.0. The van der Waals surface area contributed by atoms with Crippen LogP contribution in [0.2, 0.25) is 0 Å². The second kappa shape index (κ2) is 13.9. The van der Waals surface area contributed by atoms with Crippen molar-refractivity contribution in [1.29, 1.82) is 0 Å². The molecule has 0 saturated carbocycles. The van der Waals surface area contributed by atoms with Gasteiger partial charge in [-0.2, -0.15) is 0 Å². The molecule has 2 atom stereocenters. The molecular weight excluding hydrogens is 570 g/mol. The predicted octanol–water partition coefficient (Wildman–Crippen LogP) is 6.66. The van der Waals surface area contributed by atoms with Crippen LogP contribution in [-0.2, 0) is 18.5 Å². The Morgan fingerprint density at radius 2 is 1.73 bits per heavy atom. The van der Waals surface area contributed by atoms with E-state index in [1.807, 2.05) is 28.8 Å². The summed E-state index contributed by atoms with van der Waals surface area (Å²) < 4.78 is 18.0. The van der Waals surface area contributed by atoms with Crippen molar-refractivity contribution in [1.82, 2.24) is 24.3 Å². The fourth-order valence-electron chi connectivity index (χ4n) is 7.54. The fourth-order valence-corrected chi connectivity index (χ4v) is 7.88. The third-order valence-electron chi connectivity index (χ3n) is 10.5. The highest BCUT2D eigenvalue weighted by Crippen LogP contribution is 2.40. The number of fused-ring (bicyclic) bond motifs is 9. The molecule has 7 nitrogen and oxygen atoms in total. The van der Waals surface area contributed by atoms with Gasteiger partial charge in [-0.25, -0.2) is 14.4 Å². The van der Waals surface area contributed by atoms with Gasteiger partial charge in [0.05, 0.1) is 5.39 Å². The van der Waals surface area contributed by atoms with Crippen molar-refractivity contribution in [2.75, 3.05) is 38.0 Å². The number of nitrogens with one attached hydrogen (secondary N) is 1. The maximum Gasteiger partial charge on any atom is 0.255 e. The van der Waals surface area contributed by atoms with Gasteiger partial charge in [-0.3, -0.25) is 9.36 Å². The molecule has 0 radical (unpaired) electrons. The molecule has 0 amide bonds. The van der Waals surface area contributed by atoms with Crippen molar-refractivity contribution in [3.8, 4) is 0 Å². The van der Waals surface area contributed by atoms with E-state index in [2.05, 4.69) is 54.2 Å². The molecule has 2 aromatic heterocycles. The minimum absolute atomic E-state index is 0.109. The first-order valence-corrected chi connectivity index (χ1v) is 17.5. The van der Waals surface area contributed by atoms with Crippen LogP contribution in [0.5, 0.6) is 0 Å². The van der Waals surface area contributed by atoms with Gasteiger partial charge in [-0.15, -0.1) is 0 Å². The van der Waals surface area contributed by atoms with Crippen molar-refractivity contribution in [2.45, 2.75) is 102 Å². The molecule has 6 heterocycles. The van der Waals surface area contributed by atoms with E-state index in [1.54, 1.807) is 6.33 Å². The smallest absolute Gasteiger partial charge is 0.255 e. The lowest BCUT2D eigenvalue weighted by atomic mass is 9.89. The zero-order valence-electron chi connectivity index (χ0n) is 26.6. The summed E-state index contributed by atoms with van der Waals surface area (Å²) in [7, 11) is 2.50. The number of anilines is 1. The standard InChI is InChI=1S/C35H50FN6OP/c1-25(2)41-19-12-28(13-20-41)30-22-31-32-37-23-27-7-6-8-29(21-27)35(36,44)14-9-26-10-17-40(18-11-26)15-4-3-5-16-42(34(30)43)33(31)39-24-38-32/h6-8,21-22,24-26,28H,3-5,9-20,23,44H2,1-2H3,(H,37,38,39). The number of likely N-dealkylation sites (tertiary alicyclic amines) is 1. The highest BCUT2D eigenvalue weighted by molar-refractivity contribution is 7.18. The first-order valence-electron chi connectivity index (χ1n) is 16.9. The average molecular weight is 621 g/mol. The van der Waals surface area contributed by atoms with Crippen molar-refractivity contribution >= 4 is 26.1 Å². The van der Waals surface area contributed by atoms with Gasteiger partial charge in [0.1, 0.15) is 23.2 Å². The number of benzene rings is 1. The van der Waals surface area contributed by atoms with Crippen LogP contribution in [-0.4, -0.2) is 63.1 Å². The summed E-state index contributed by atoms with van der Waals surface area (Å²) in [6, 6.07) is 10.5. The Hall–Kier alpha value is -2.41. The number of hydrogen-bond acceptors (Lipinski definition) is 6. The largest absolute Gasteiger partial charge is 0.365 e. The lowest BCUT2D eigenvalue weighted by molar-refractivity contribution is 0.161. The molecule has 1 aromatic carbocycles. The van der Waals surface area contributed by atoms with Crippen molar-refractivity contribution < 1.29 is 4.39 Å². The molecule has 1 N–H and O–H groups in total. The lowest BCUT2D eigenvalue weighted by Crippen LogP contribution is -2.39. The van der Waals surface area contributed by atoms with Gasteiger partial charge in [0.2, 0.25) is 0 Å². The van der Waals surface area contributed by atoms with E-state index in [0.717, 1.165) is 106 Å². The van der Waals surface area contributed by atoms with Crippen LogP contribution in [0.3, 0.4) is 0 Å². The van der Waals surface area contributed by atoms with Gasteiger partial charge in [0.15, 0.2) is 0 Å². The summed E-state index contributed by atoms with van der Waals surface area (Å²) in [5, 5.41) is 2.98. The van der Waals surface area contributed by atoms with E-state index >= 15 is 4.39 Å². The minimum Gasteiger partial charge on any atom is -0.365 e. The third-order valence-corrected chi connectivity index (χ3v) is 11.1. The van der Waals surface area contributed by atoms with Crippen molar-refractivity contribution in [3.05, 3.63) is 63.7 Å². The molecule has 2 saturated heterocycles. The van der Waals surface area contributed by atoms with Gasteiger partial charge in [-0.1, -0.05) is 39.9 Å². The molecule has 7 rings (SSSR count). The number of aryl methyl sites for hydroxylation is 1. The summed E-state index contributed by atoms with van der Waals surface area (Å²) in [6.45, 7) is 11.0. The van der Waals surface area contributed by atoms with Crippen LogP contribution >= 0.6 is 9.24 Å². The molecular formula is C35H50FN6OP. The van der Waals surface area contributed by atoms with Gasteiger partial charge in [-0.05, 0) is 127 Å². The Morgan fingerprint density at radius 3 is 2.50 bits per heavy atom. The summed E-state index contributed by atoms with van der Waals surface area (Å²) >= 11 is 0. The maximum absolute atomic E-state index is 16.0. The molecule has 9 heteroatoms. The second-order valence-electron chi connectivity index (χ2n) is 13.7. The molecule has 44 heavy (non-hydrogen) atoms. The summed E-state index contributed by atoms with van der Waals surface area (Å²) in [5.41, 5.74) is 3.42. The summed E-state index contributed by atoms with van der Waals surface area (Å²) in [6.07, 6.45) is 10.4. The third kappa shape index (κ3) is 7.18. The molecule has 0 spiro atoms. The molecule has 4 aliphatic heterocycles. The van der Waals surface area contributed by atoms with Gasteiger partial charge < -0.3 is 15.1 Å². The first-order chi connectivity index (χ1) is 21.3. The van der Waals surface area contributed by atoms with Crippen molar-refractivity contribution in [3.63, 3.8) is 0 Å². The summed E-state index contributed by atoms with van der Waals surface area (Å²) in [5.74, 6) is 1.54. The number of halogens is 1. The quantitative estimate of drug-likeness (QED) is 0.323. The second-order valence-corrected chi connectivity index (χ2v) is 14.6. The van der Waals surface area contributed by atoms with Gasteiger partial charge >= 0.3 is 0 Å². The fraction of sp³-hybridized carbons (Fsp3) is 0.629. The Bertz CT molecular complexity index is 1480. The zero-order valence-corrected chi connectivity index (χ0v) is 27.8. The first kappa shape index (κ1) is 31.6. The number of aromatic nitrogens is 3. The van der Waals surface area contributed by atoms with Crippen LogP contribution < -0.4 is 10.9 Å². The Labute approximate surface area is 264 Å². The minimum atomic E-state index is -1.44. The van der Waals surface area contributed by atoms with Crippen LogP contribution in [0.1, 0.15) is 94.2 Å². The number of nitrogens with zero attached hydrogens (tertiary/aromatic N) is 5.